The van der Waals surface area contributed by atoms with Crippen LogP contribution in [0.1, 0.15) is 41.5 Å². The summed E-state index contributed by atoms with van der Waals surface area (Å²) in [5.41, 5.74) is 2.28. The number of rotatable bonds is 7. The van der Waals surface area contributed by atoms with Crippen LogP contribution in [-0.4, -0.2) is 46.0 Å². The van der Waals surface area contributed by atoms with E-state index in [0.29, 0.717) is 5.69 Å². The molecule has 0 aliphatic heterocycles. The van der Waals surface area contributed by atoms with E-state index in [0.717, 1.165) is 36.2 Å². The first-order valence-corrected chi connectivity index (χ1v) is 8.63. The molecule has 1 aliphatic carbocycles. The molecule has 1 heterocycles. The molecule has 0 radical (unpaired) electrons. The first-order valence-electron chi connectivity index (χ1n) is 8.63. The van der Waals surface area contributed by atoms with Crippen LogP contribution in [0.2, 0.25) is 0 Å². The standard InChI is InChI=1S/C19H23N3O4/c1-19(12-26-2,11-16(23)24)20-18(25)17-14-9-6-10-15(14)22(21-17)13-7-4-3-5-8-13/h3-5,7-8H,6,9-12H2,1-2H3,(H,20,25)(H,23,24). The first-order chi connectivity index (χ1) is 12.4. The molecular formula is C19H23N3O4. The number of para-hydroxylation sites is 1. The lowest BCUT2D eigenvalue weighted by atomic mass is 9.98. The van der Waals surface area contributed by atoms with E-state index in [1.165, 1.54) is 7.11 Å². The van der Waals surface area contributed by atoms with Gasteiger partial charge in [-0.2, -0.15) is 5.10 Å². The minimum absolute atomic E-state index is 0.104. The van der Waals surface area contributed by atoms with E-state index >= 15 is 0 Å². The van der Waals surface area contributed by atoms with Crippen molar-refractivity contribution in [2.24, 2.45) is 0 Å². The van der Waals surface area contributed by atoms with Gasteiger partial charge in [-0.05, 0) is 38.3 Å². The number of hydrogen-bond donors (Lipinski definition) is 2. The van der Waals surface area contributed by atoms with Crippen molar-refractivity contribution < 1.29 is 19.4 Å². The second-order valence-electron chi connectivity index (χ2n) is 6.89. The molecule has 0 spiro atoms. The zero-order valence-corrected chi connectivity index (χ0v) is 15.0. The van der Waals surface area contributed by atoms with Gasteiger partial charge in [-0.15, -0.1) is 0 Å². The Bertz CT molecular complexity index is 816. The van der Waals surface area contributed by atoms with Gasteiger partial charge in [0.1, 0.15) is 0 Å². The van der Waals surface area contributed by atoms with Gasteiger partial charge in [0.2, 0.25) is 0 Å². The predicted octanol–water partition coefficient (Wildman–Crippen LogP) is 1.97. The van der Waals surface area contributed by atoms with Gasteiger partial charge in [0.05, 0.1) is 24.3 Å². The number of ether oxygens (including phenoxy) is 1. The summed E-state index contributed by atoms with van der Waals surface area (Å²) in [4.78, 5) is 24.0. The van der Waals surface area contributed by atoms with Crippen LogP contribution in [0.3, 0.4) is 0 Å². The Hall–Kier alpha value is -2.67. The molecule has 26 heavy (non-hydrogen) atoms. The quantitative estimate of drug-likeness (QED) is 0.790. The van der Waals surface area contributed by atoms with Crippen molar-refractivity contribution in [2.75, 3.05) is 13.7 Å². The molecule has 1 aliphatic rings. The number of hydrogen-bond acceptors (Lipinski definition) is 4. The molecule has 3 rings (SSSR count). The lowest BCUT2D eigenvalue weighted by Gasteiger charge is -2.28. The number of aromatic nitrogens is 2. The fourth-order valence-corrected chi connectivity index (χ4v) is 3.52. The predicted molar refractivity (Wildman–Crippen MR) is 95.6 cm³/mol. The Morgan fingerprint density at radius 2 is 2.04 bits per heavy atom. The number of carbonyl (C=O) groups excluding carboxylic acids is 1. The SMILES string of the molecule is COCC(C)(CC(=O)O)NC(=O)c1nn(-c2ccccc2)c2c1CCC2. The summed E-state index contributed by atoms with van der Waals surface area (Å²) in [7, 11) is 1.48. The van der Waals surface area contributed by atoms with Gasteiger partial charge in [0.25, 0.3) is 5.91 Å². The fraction of sp³-hybridized carbons (Fsp3) is 0.421. The minimum atomic E-state index is -1.00. The molecule has 0 bridgehead atoms. The molecule has 1 aromatic carbocycles. The highest BCUT2D eigenvalue weighted by atomic mass is 16.5. The normalized spacial score (nSPS) is 15.3. The third-order valence-electron chi connectivity index (χ3n) is 4.57. The van der Waals surface area contributed by atoms with E-state index < -0.39 is 11.5 Å². The van der Waals surface area contributed by atoms with Crippen LogP contribution < -0.4 is 5.32 Å². The Kier molecular flexibility index (Phi) is 5.08. The van der Waals surface area contributed by atoms with Gasteiger partial charge < -0.3 is 15.2 Å². The van der Waals surface area contributed by atoms with Gasteiger partial charge in [0.15, 0.2) is 5.69 Å². The van der Waals surface area contributed by atoms with Crippen molar-refractivity contribution >= 4 is 11.9 Å². The zero-order chi connectivity index (χ0) is 18.7. The monoisotopic (exact) mass is 357 g/mol. The fourth-order valence-electron chi connectivity index (χ4n) is 3.52. The number of nitrogens with zero attached hydrogens (tertiary/aromatic N) is 2. The zero-order valence-electron chi connectivity index (χ0n) is 15.0. The smallest absolute Gasteiger partial charge is 0.305 e. The Morgan fingerprint density at radius 1 is 1.31 bits per heavy atom. The van der Waals surface area contributed by atoms with E-state index in [4.69, 9.17) is 9.84 Å². The largest absolute Gasteiger partial charge is 0.481 e. The second kappa shape index (κ2) is 7.29. The number of fused-ring (bicyclic) bond motifs is 1. The van der Waals surface area contributed by atoms with Gasteiger partial charge in [-0.3, -0.25) is 9.59 Å². The molecule has 1 amide bonds. The summed E-state index contributed by atoms with van der Waals surface area (Å²) in [6.07, 6.45) is 2.42. The highest BCUT2D eigenvalue weighted by Crippen LogP contribution is 2.28. The summed E-state index contributed by atoms with van der Waals surface area (Å²) >= 11 is 0. The number of aliphatic carboxylic acids is 1. The summed E-state index contributed by atoms with van der Waals surface area (Å²) in [5.74, 6) is -1.36. The Balaban J connectivity index is 1.92. The number of benzene rings is 1. The molecule has 1 aromatic heterocycles. The van der Waals surface area contributed by atoms with Crippen molar-refractivity contribution in [1.82, 2.24) is 15.1 Å². The van der Waals surface area contributed by atoms with Crippen molar-refractivity contribution in [3.05, 3.63) is 47.3 Å². The maximum Gasteiger partial charge on any atom is 0.305 e. The molecule has 7 heteroatoms. The lowest BCUT2D eigenvalue weighted by molar-refractivity contribution is -0.139. The van der Waals surface area contributed by atoms with Crippen LogP contribution in [-0.2, 0) is 22.4 Å². The topological polar surface area (TPSA) is 93.4 Å². The van der Waals surface area contributed by atoms with Crippen molar-refractivity contribution in [3.63, 3.8) is 0 Å². The van der Waals surface area contributed by atoms with Gasteiger partial charge >= 0.3 is 5.97 Å². The Morgan fingerprint density at radius 3 is 2.69 bits per heavy atom. The van der Waals surface area contributed by atoms with Crippen LogP contribution in [0.4, 0.5) is 0 Å². The molecule has 2 aromatic rings. The van der Waals surface area contributed by atoms with E-state index in [2.05, 4.69) is 10.4 Å². The summed E-state index contributed by atoms with van der Waals surface area (Å²) in [5, 5.41) is 16.5. The van der Waals surface area contributed by atoms with Crippen LogP contribution >= 0.6 is 0 Å². The number of carboxylic acids is 1. The molecule has 0 saturated carbocycles. The molecule has 1 atom stereocenters. The van der Waals surface area contributed by atoms with E-state index in [1.807, 2.05) is 35.0 Å². The van der Waals surface area contributed by atoms with Crippen molar-refractivity contribution in [3.8, 4) is 5.69 Å². The molecule has 2 N–H and O–H groups in total. The number of methoxy groups -OCH3 is 1. The average molecular weight is 357 g/mol. The van der Waals surface area contributed by atoms with E-state index in [9.17, 15) is 9.59 Å². The highest BCUT2D eigenvalue weighted by molar-refractivity contribution is 5.95. The molecule has 0 saturated heterocycles. The summed E-state index contributed by atoms with van der Waals surface area (Å²) < 4.78 is 6.93. The maximum absolute atomic E-state index is 12.9. The van der Waals surface area contributed by atoms with Crippen LogP contribution in [0.25, 0.3) is 5.69 Å². The maximum atomic E-state index is 12.9. The molecule has 1 unspecified atom stereocenters. The summed E-state index contributed by atoms with van der Waals surface area (Å²) in [6.45, 7) is 1.77. The Labute approximate surface area is 152 Å². The van der Waals surface area contributed by atoms with Gasteiger partial charge in [-0.25, -0.2) is 4.68 Å². The van der Waals surface area contributed by atoms with Crippen molar-refractivity contribution in [1.29, 1.82) is 0 Å². The van der Waals surface area contributed by atoms with Crippen LogP contribution in [0, 0.1) is 0 Å². The van der Waals surface area contributed by atoms with E-state index in [1.54, 1.807) is 6.92 Å². The van der Waals surface area contributed by atoms with Gasteiger partial charge in [-0.1, -0.05) is 18.2 Å². The van der Waals surface area contributed by atoms with Crippen LogP contribution in [0.15, 0.2) is 30.3 Å². The minimum Gasteiger partial charge on any atom is -0.481 e. The molecular weight excluding hydrogens is 334 g/mol. The third-order valence-corrected chi connectivity index (χ3v) is 4.57. The highest BCUT2D eigenvalue weighted by Gasteiger charge is 2.33. The number of amides is 1. The second-order valence-corrected chi connectivity index (χ2v) is 6.89. The number of nitrogens with one attached hydrogen (secondary N) is 1. The molecule has 7 nitrogen and oxygen atoms in total. The molecule has 0 fully saturated rings. The number of carbonyl (C=O) groups is 2. The van der Waals surface area contributed by atoms with Gasteiger partial charge in [0, 0.05) is 18.4 Å². The lowest BCUT2D eigenvalue weighted by Crippen LogP contribution is -2.51. The average Bonchev–Trinajstić information content (AvgIpc) is 3.16. The summed E-state index contributed by atoms with van der Waals surface area (Å²) in [6, 6.07) is 9.70. The number of carboxylic acid groups (broad SMARTS) is 1. The van der Waals surface area contributed by atoms with Crippen LogP contribution in [0.5, 0.6) is 0 Å². The third kappa shape index (κ3) is 3.62. The van der Waals surface area contributed by atoms with Crippen molar-refractivity contribution in [2.45, 2.75) is 38.1 Å². The molecule has 138 valence electrons. The first kappa shape index (κ1) is 18.1. The van der Waals surface area contributed by atoms with E-state index in [-0.39, 0.29) is 18.9 Å².